The zero-order valence-corrected chi connectivity index (χ0v) is 10.2. The highest BCUT2D eigenvalue weighted by atomic mass is 16.5. The number of terminal acetylenes is 1. The van der Waals surface area contributed by atoms with Gasteiger partial charge >= 0.3 is 0 Å². The van der Waals surface area contributed by atoms with Crippen LogP contribution in [-0.4, -0.2) is 37.1 Å². The van der Waals surface area contributed by atoms with Gasteiger partial charge in [-0.3, -0.25) is 4.79 Å². The molecule has 0 amide bonds. The van der Waals surface area contributed by atoms with Crippen LogP contribution in [0.1, 0.15) is 6.42 Å². The number of methoxy groups -OCH3 is 1. The summed E-state index contributed by atoms with van der Waals surface area (Å²) < 4.78 is 6.34. The molecule has 92 valence electrons. The molecule has 0 radical (unpaired) electrons. The Morgan fingerprint density at radius 2 is 2.41 bits per heavy atom. The Kier molecular flexibility index (Phi) is 5.24. The molecule has 0 bridgehead atoms. The average molecular weight is 235 g/mol. The van der Waals surface area contributed by atoms with Crippen molar-refractivity contribution >= 4 is 5.69 Å². The molecule has 1 aromatic rings. The van der Waals surface area contributed by atoms with Gasteiger partial charge in [-0.25, -0.2) is 4.68 Å². The van der Waals surface area contributed by atoms with Crippen molar-refractivity contribution in [1.82, 2.24) is 9.78 Å². The quantitative estimate of drug-likeness (QED) is 0.667. The van der Waals surface area contributed by atoms with Crippen LogP contribution in [0, 0.1) is 12.3 Å². The molecule has 1 rings (SSSR count). The zero-order chi connectivity index (χ0) is 12.7. The summed E-state index contributed by atoms with van der Waals surface area (Å²) >= 11 is 0. The number of ether oxygens (including phenoxy) is 1. The molecule has 1 aromatic heterocycles. The topological polar surface area (TPSA) is 47.4 Å². The average Bonchev–Trinajstić information content (AvgIpc) is 2.34. The van der Waals surface area contributed by atoms with Crippen molar-refractivity contribution < 1.29 is 4.74 Å². The Labute approximate surface area is 101 Å². The van der Waals surface area contributed by atoms with Gasteiger partial charge in [0.2, 0.25) is 0 Å². The molecule has 5 nitrogen and oxygen atoms in total. The molecule has 0 aliphatic rings. The third kappa shape index (κ3) is 3.93. The van der Waals surface area contributed by atoms with Crippen molar-refractivity contribution in [1.29, 1.82) is 0 Å². The lowest BCUT2D eigenvalue weighted by molar-refractivity contribution is 0.206. The maximum atomic E-state index is 11.7. The summed E-state index contributed by atoms with van der Waals surface area (Å²) in [6.07, 6.45) is 7.31. The molecule has 0 atom stereocenters. The van der Waals surface area contributed by atoms with E-state index in [1.165, 1.54) is 4.68 Å². The highest BCUT2D eigenvalue weighted by Crippen LogP contribution is 2.06. The Morgan fingerprint density at radius 3 is 3.00 bits per heavy atom. The van der Waals surface area contributed by atoms with E-state index in [0.717, 1.165) is 5.69 Å². The van der Waals surface area contributed by atoms with Gasteiger partial charge in [0.25, 0.3) is 5.56 Å². The number of hydrogen-bond donors (Lipinski definition) is 0. The normalized spacial score (nSPS) is 9.94. The first kappa shape index (κ1) is 13.3. The van der Waals surface area contributed by atoms with Crippen molar-refractivity contribution in [2.24, 2.45) is 0 Å². The summed E-state index contributed by atoms with van der Waals surface area (Å²) in [4.78, 5) is 13.6. The fraction of sp³-hybridized carbons (Fsp3) is 0.500. The van der Waals surface area contributed by atoms with E-state index in [1.54, 1.807) is 19.4 Å². The Bertz CT molecular complexity index is 448. The Balaban J connectivity index is 2.75. The van der Waals surface area contributed by atoms with Gasteiger partial charge in [-0.15, -0.1) is 12.3 Å². The van der Waals surface area contributed by atoms with Crippen molar-refractivity contribution in [3.05, 3.63) is 22.6 Å². The highest BCUT2D eigenvalue weighted by Gasteiger charge is 2.04. The van der Waals surface area contributed by atoms with Crippen LogP contribution in [0.5, 0.6) is 0 Å². The largest absolute Gasteiger partial charge is 0.383 e. The summed E-state index contributed by atoms with van der Waals surface area (Å²) in [7, 11) is 3.53. The van der Waals surface area contributed by atoms with Gasteiger partial charge in [0.05, 0.1) is 25.0 Å². The van der Waals surface area contributed by atoms with Gasteiger partial charge in [-0.05, 0) is 0 Å². The fourth-order valence-corrected chi connectivity index (χ4v) is 1.33. The second-order valence-corrected chi connectivity index (χ2v) is 3.64. The van der Waals surface area contributed by atoms with Crippen molar-refractivity contribution in [3.63, 3.8) is 0 Å². The van der Waals surface area contributed by atoms with Crippen LogP contribution in [0.4, 0.5) is 5.69 Å². The Morgan fingerprint density at radius 1 is 1.65 bits per heavy atom. The van der Waals surface area contributed by atoms with E-state index in [1.807, 2.05) is 11.9 Å². The van der Waals surface area contributed by atoms with Crippen LogP contribution < -0.4 is 10.5 Å². The van der Waals surface area contributed by atoms with Crippen LogP contribution in [0.3, 0.4) is 0 Å². The molecule has 0 aliphatic carbocycles. The summed E-state index contributed by atoms with van der Waals surface area (Å²) in [5.74, 6) is 2.48. The molecule has 0 unspecified atom stereocenters. The molecule has 1 heterocycles. The number of nitrogens with zero attached hydrogens (tertiary/aromatic N) is 3. The second-order valence-electron chi connectivity index (χ2n) is 3.64. The molecule has 0 aliphatic heterocycles. The summed E-state index contributed by atoms with van der Waals surface area (Å²) in [6, 6.07) is 1.55. The SMILES string of the molecule is C#CCCn1ncc(N(C)CCOC)cc1=O. The third-order valence-electron chi connectivity index (χ3n) is 2.39. The number of aryl methyl sites for hydroxylation is 1. The minimum Gasteiger partial charge on any atom is -0.383 e. The van der Waals surface area contributed by atoms with E-state index in [0.29, 0.717) is 26.1 Å². The fourth-order valence-electron chi connectivity index (χ4n) is 1.33. The zero-order valence-electron chi connectivity index (χ0n) is 10.2. The highest BCUT2D eigenvalue weighted by molar-refractivity contribution is 5.41. The van der Waals surface area contributed by atoms with E-state index < -0.39 is 0 Å². The molecular weight excluding hydrogens is 218 g/mol. The van der Waals surface area contributed by atoms with Crippen molar-refractivity contribution in [3.8, 4) is 12.3 Å². The summed E-state index contributed by atoms with van der Waals surface area (Å²) in [5, 5.41) is 4.07. The number of aromatic nitrogens is 2. The van der Waals surface area contributed by atoms with Gasteiger partial charge in [-0.1, -0.05) is 0 Å². The van der Waals surface area contributed by atoms with Gasteiger partial charge in [0.1, 0.15) is 0 Å². The van der Waals surface area contributed by atoms with Gasteiger partial charge in [0, 0.05) is 33.2 Å². The van der Waals surface area contributed by atoms with E-state index in [2.05, 4.69) is 11.0 Å². The number of hydrogen-bond acceptors (Lipinski definition) is 4. The third-order valence-corrected chi connectivity index (χ3v) is 2.39. The van der Waals surface area contributed by atoms with Crippen LogP contribution in [0.25, 0.3) is 0 Å². The summed E-state index contributed by atoms with van der Waals surface area (Å²) in [5.41, 5.74) is 0.644. The number of anilines is 1. The molecule has 0 saturated carbocycles. The lowest BCUT2D eigenvalue weighted by Gasteiger charge is -2.18. The molecule has 17 heavy (non-hydrogen) atoms. The van der Waals surface area contributed by atoms with E-state index in [4.69, 9.17) is 11.2 Å². The maximum absolute atomic E-state index is 11.7. The summed E-state index contributed by atoms with van der Waals surface area (Å²) in [6.45, 7) is 1.78. The predicted molar refractivity (Wildman–Crippen MR) is 67.1 cm³/mol. The standard InChI is InChI=1S/C12H17N3O2/c1-4-5-6-15-12(16)9-11(10-13-15)14(2)7-8-17-3/h1,9-10H,5-8H2,2-3H3. The predicted octanol–water partition coefficient (Wildman–Crippen LogP) is 0.349. The monoisotopic (exact) mass is 235 g/mol. The minimum atomic E-state index is -0.137. The van der Waals surface area contributed by atoms with Gasteiger partial charge in [0.15, 0.2) is 0 Å². The molecule has 0 saturated heterocycles. The molecule has 0 N–H and O–H groups in total. The van der Waals surface area contributed by atoms with E-state index in [-0.39, 0.29) is 5.56 Å². The van der Waals surface area contributed by atoms with E-state index in [9.17, 15) is 4.79 Å². The lowest BCUT2D eigenvalue weighted by Crippen LogP contribution is -2.27. The second kappa shape index (κ2) is 6.71. The lowest BCUT2D eigenvalue weighted by atomic mass is 10.4. The van der Waals surface area contributed by atoms with Crippen LogP contribution >= 0.6 is 0 Å². The first-order valence-corrected chi connectivity index (χ1v) is 5.39. The minimum absolute atomic E-state index is 0.137. The van der Waals surface area contributed by atoms with E-state index >= 15 is 0 Å². The molecule has 0 fully saturated rings. The first-order chi connectivity index (χ1) is 8.19. The first-order valence-electron chi connectivity index (χ1n) is 5.39. The maximum Gasteiger partial charge on any atom is 0.268 e. The number of rotatable bonds is 6. The van der Waals surface area contributed by atoms with Crippen molar-refractivity contribution in [2.75, 3.05) is 32.2 Å². The number of likely N-dealkylation sites (N-methyl/N-ethyl adjacent to an activating group) is 1. The molecule has 0 aromatic carbocycles. The Hall–Kier alpha value is -1.80. The van der Waals surface area contributed by atoms with Crippen molar-refractivity contribution in [2.45, 2.75) is 13.0 Å². The van der Waals surface area contributed by atoms with Crippen LogP contribution in [0.2, 0.25) is 0 Å². The molecule has 0 spiro atoms. The van der Waals surface area contributed by atoms with Crippen LogP contribution in [-0.2, 0) is 11.3 Å². The van der Waals surface area contributed by atoms with Crippen LogP contribution in [0.15, 0.2) is 17.1 Å². The van der Waals surface area contributed by atoms with Gasteiger partial charge < -0.3 is 9.64 Å². The smallest absolute Gasteiger partial charge is 0.268 e. The molecule has 5 heteroatoms. The van der Waals surface area contributed by atoms with Gasteiger partial charge in [-0.2, -0.15) is 5.10 Å². The molecular formula is C12H17N3O2.